The summed E-state index contributed by atoms with van der Waals surface area (Å²) in [6, 6.07) is 11.4. The van der Waals surface area contributed by atoms with Gasteiger partial charge in [0.2, 0.25) is 0 Å². The van der Waals surface area contributed by atoms with Crippen LogP contribution in [0.2, 0.25) is 0 Å². The van der Waals surface area contributed by atoms with Crippen LogP contribution in [0, 0.1) is 0 Å². The van der Waals surface area contributed by atoms with Gasteiger partial charge in [0.25, 0.3) is 0 Å². The molecule has 1 aromatic heterocycles. The van der Waals surface area contributed by atoms with Crippen molar-refractivity contribution in [2.75, 3.05) is 13.2 Å². The highest BCUT2D eigenvalue weighted by Crippen LogP contribution is 2.48. The van der Waals surface area contributed by atoms with E-state index < -0.39 is 19.3 Å². The fourth-order valence-electron chi connectivity index (χ4n) is 2.71. The van der Waals surface area contributed by atoms with Crippen LogP contribution in [0.1, 0.15) is 19.4 Å². The summed E-state index contributed by atoms with van der Waals surface area (Å²) in [5.41, 5.74) is 0.171. The molecule has 0 amide bonds. The summed E-state index contributed by atoms with van der Waals surface area (Å²) in [4.78, 5) is 8.77. The van der Waals surface area contributed by atoms with E-state index in [1.165, 1.54) is 12.1 Å². The van der Waals surface area contributed by atoms with Crippen LogP contribution < -0.4 is 5.44 Å². The minimum atomic E-state index is -4.44. The lowest BCUT2D eigenvalue weighted by molar-refractivity contribution is -0.137. The summed E-state index contributed by atoms with van der Waals surface area (Å²) < 4.78 is 62.6. The molecule has 0 unspecified atom stereocenters. The summed E-state index contributed by atoms with van der Waals surface area (Å²) >= 11 is 0. The number of hydrogen-bond donors (Lipinski definition) is 0. The highest BCUT2D eigenvalue weighted by Gasteiger charge is 2.33. The molecule has 0 aliphatic rings. The molecule has 0 saturated carbocycles. The summed E-state index contributed by atoms with van der Waals surface area (Å²) in [7, 11) is -3.73. The summed E-state index contributed by atoms with van der Waals surface area (Å²) in [6.45, 7) is 3.66. The zero-order valence-electron chi connectivity index (χ0n) is 15.2. The first-order valence-corrected chi connectivity index (χ1v) is 10.2. The monoisotopic (exact) mass is 410 g/mol. The van der Waals surface area contributed by atoms with Gasteiger partial charge in [-0.15, -0.1) is 0 Å². The molecular formula is C19H18F3N2O3P. The van der Waals surface area contributed by atoms with Crippen LogP contribution in [-0.2, 0) is 19.8 Å². The fraction of sp³-hybridized carbons (Fsp3) is 0.263. The SMILES string of the molecule is CCOP(=O)(OCC)c1nc(-c2ccc(C(F)(F)F)cc2)nc2ccccc12. The summed E-state index contributed by atoms with van der Waals surface area (Å²) in [5.74, 6) is 0.141. The standard InChI is InChI=1S/C19H18F3N2O3P/c1-3-26-28(25,27-4-2)18-15-7-5-6-8-16(15)23-17(24-18)13-9-11-14(12-10-13)19(20,21)22/h5-12H,3-4H2,1-2H3. The van der Waals surface area contributed by atoms with Gasteiger partial charge in [0.1, 0.15) is 0 Å². The van der Waals surface area contributed by atoms with E-state index in [1.807, 2.05) is 0 Å². The van der Waals surface area contributed by atoms with Crippen molar-refractivity contribution in [3.8, 4) is 11.4 Å². The molecule has 0 saturated heterocycles. The largest absolute Gasteiger partial charge is 0.416 e. The summed E-state index contributed by atoms with van der Waals surface area (Å²) in [5, 5.41) is 0.503. The average Bonchev–Trinajstić information content (AvgIpc) is 2.67. The maximum atomic E-state index is 13.3. The maximum Gasteiger partial charge on any atom is 0.416 e. The van der Waals surface area contributed by atoms with Crippen LogP contribution in [0.5, 0.6) is 0 Å². The van der Waals surface area contributed by atoms with Gasteiger partial charge in [0, 0.05) is 10.9 Å². The number of halogens is 3. The zero-order chi connectivity index (χ0) is 20.4. The predicted octanol–water partition coefficient (Wildman–Crippen LogP) is 5.21. The normalized spacial score (nSPS) is 12.5. The van der Waals surface area contributed by atoms with Crippen LogP contribution in [0.15, 0.2) is 48.5 Å². The number of rotatable bonds is 6. The lowest BCUT2D eigenvalue weighted by Gasteiger charge is -2.18. The van der Waals surface area contributed by atoms with E-state index in [9.17, 15) is 17.7 Å². The highest BCUT2D eigenvalue weighted by atomic mass is 31.2. The first-order chi connectivity index (χ1) is 13.3. The smallest absolute Gasteiger partial charge is 0.304 e. The Kier molecular flexibility index (Phi) is 5.84. The third-order valence-electron chi connectivity index (χ3n) is 3.91. The van der Waals surface area contributed by atoms with Crippen molar-refractivity contribution < 1.29 is 26.8 Å². The lowest BCUT2D eigenvalue weighted by atomic mass is 10.1. The molecule has 0 fully saturated rings. The van der Waals surface area contributed by atoms with E-state index in [-0.39, 0.29) is 24.5 Å². The third kappa shape index (κ3) is 4.09. The first kappa shape index (κ1) is 20.5. The number of benzene rings is 2. The molecule has 0 N–H and O–H groups in total. The molecule has 0 atom stereocenters. The van der Waals surface area contributed by atoms with E-state index in [2.05, 4.69) is 9.97 Å². The zero-order valence-corrected chi connectivity index (χ0v) is 16.1. The summed E-state index contributed by atoms with van der Waals surface area (Å²) in [6.07, 6.45) is -4.44. The molecule has 28 heavy (non-hydrogen) atoms. The second-order valence-electron chi connectivity index (χ2n) is 5.80. The van der Waals surface area contributed by atoms with Crippen molar-refractivity contribution in [3.63, 3.8) is 0 Å². The molecule has 0 spiro atoms. The van der Waals surface area contributed by atoms with E-state index >= 15 is 0 Å². The van der Waals surface area contributed by atoms with Gasteiger partial charge in [-0.1, -0.05) is 30.3 Å². The minimum Gasteiger partial charge on any atom is -0.304 e. The highest BCUT2D eigenvalue weighted by molar-refractivity contribution is 7.62. The molecule has 148 valence electrons. The fourth-order valence-corrected chi connectivity index (χ4v) is 4.41. The van der Waals surface area contributed by atoms with Gasteiger partial charge in [0.15, 0.2) is 11.3 Å². The lowest BCUT2D eigenvalue weighted by Crippen LogP contribution is -2.17. The predicted molar refractivity (Wildman–Crippen MR) is 100 cm³/mol. The molecule has 5 nitrogen and oxygen atoms in total. The van der Waals surface area contributed by atoms with Gasteiger partial charge in [-0.05, 0) is 32.0 Å². The van der Waals surface area contributed by atoms with E-state index in [0.29, 0.717) is 16.5 Å². The van der Waals surface area contributed by atoms with Crippen LogP contribution in [0.4, 0.5) is 13.2 Å². The molecule has 1 heterocycles. The van der Waals surface area contributed by atoms with Crippen molar-refractivity contribution in [1.82, 2.24) is 9.97 Å². The maximum absolute atomic E-state index is 13.3. The molecular weight excluding hydrogens is 392 g/mol. The Balaban J connectivity index is 2.19. The Morgan fingerprint density at radius 2 is 1.54 bits per heavy atom. The number of fused-ring (bicyclic) bond motifs is 1. The second-order valence-corrected chi connectivity index (χ2v) is 7.73. The van der Waals surface area contributed by atoms with E-state index in [1.54, 1.807) is 38.1 Å². The van der Waals surface area contributed by atoms with Crippen LogP contribution >= 0.6 is 7.60 Å². The topological polar surface area (TPSA) is 61.3 Å². The number of alkyl halides is 3. The van der Waals surface area contributed by atoms with E-state index in [0.717, 1.165) is 12.1 Å². The van der Waals surface area contributed by atoms with Crippen LogP contribution in [0.25, 0.3) is 22.3 Å². The number of hydrogen-bond acceptors (Lipinski definition) is 5. The molecule has 2 aromatic carbocycles. The van der Waals surface area contributed by atoms with Crippen molar-refractivity contribution in [2.24, 2.45) is 0 Å². The van der Waals surface area contributed by atoms with Gasteiger partial charge in [-0.25, -0.2) is 9.97 Å². The van der Waals surface area contributed by atoms with Crippen molar-refractivity contribution >= 4 is 23.9 Å². The van der Waals surface area contributed by atoms with Crippen LogP contribution in [0.3, 0.4) is 0 Å². The van der Waals surface area contributed by atoms with E-state index in [4.69, 9.17) is 9.05 Å². The van der Waals surface area contributed by atoms with Gasteiger partial charge >= 0.3 is 13.8 Å². The van der Waals surface area contributed by atoms with Gasteiger partial charge < -0.3 is 9.05 Å². The minimum absolute atomic E-state index is 0.0942. The van der Waals surface area contributed by atoms with Crippen molar-refractivity contribution in [2.45, 2.75) is 20.0 Å². The Morgan fingerprint density at radius 3 is 2.11 bits per heavy atom. The molecule has 9 heteroatoms. The van der Waals surface area contributed by atoms with Crippen molar-refractivity contribution in [1.29, 1.82) is 0 Å². The average molecular weight is 410 g/mol. The molecule has 0 aliphatic carbocycles. The molecule has 3 rings (SSSR count). The number of aromatic nitrogens is 2. The Hall–Kier alpha value is -2.28. The molecule has 0 aliphatic heterocycles. The quantitative estimate of drug-likeness (QED) is 0.523. The first-order valence-electron chi connectivity index (χ1n) is 8.62. The molecule has 0 radical (unpaired) electrons. The molecule has 3 aromatic rings. The van der Waals surface area contributed by atoms with Crippen molar-refractivity contribution in [3.05, 3.63) is 54.1 Å². The number of para-hydroxylation sites is 1. The second kappa shape index (κ2) is 7.99. The Morgan fingerprint density at radius 1 is 0.929 bits per heavy atom. The third-order valence-corrected chi connectivity index (χ3v) is 5.97. The van der Waals surface area contributed by atoms with Gasteiger partial charge in [-0.3, -0.25) is 4.57 Å². The van der Waals surface area contributed by atoms with Crippen LogP contribution in [-0.4, -0.2) is 23.2 Å². The Labute approximate surface area is 160 Å². The Bertz CT molecular complexity index is 1010. The molecule has 0 bridgehead atoms. The van der Waals surface area contributed by atoms with Gasteiger partial charge in [0.05, 0.1) is 24.3 Å². The van der Waals surface area contributed by atoms with Gasteiger partial charge in [-0.2, -0.15) is 13.2 Å². The number of nitrogens with zero attached hydrogens (tertiary/aromatic N) is 2.